The van der Waals surface area contributed by atoms with E-state index in [0.717, 1.165) is 16.5 Å². The Morgan fingerprint density at radius 3 is 2.43 bits per heavy atom. The van der Waals surface area contributed by atoms with Crippen molar-refractivity contribution in [2.75, 3.05) is 17.7 Å². The first kappa shape index (κ1) is 19.9. The van der Waals surface area contributed by atoms with Crippen LogP contribution in [0.2, 0.25) is 0 Å². The van der Waals surface area contributed by atoms with Crippen molar-refractivity contribution >= 4 is 32.2 Å². The lowest BCUT2D eigenvalue weighted by Crippen LogP contribution is -2.13. The molecule has 3 aromatic carbocycles. The van der Waals surface area contributed by atoms with Gasteiger partial charge in [0.25, 0.3) is 0 Å². The summed E-state index contributed by atoms with van der Waals surface area (Å²) in [6, 6.07) is 20.1. The van der Waals surface area contributed by atoms with Gasteiger partial charge in [0.1, 0.15) is 5.75 Å². The number of ether oxygens (including phenoxy) is 1. The van der Waals surface area contributed by atoms with Crippen molar-refractivity contribution in [1.82, 2.24) is 0 Å². The van der Waals surface area contributed by atoms with Crippen LogP contribution in [0, 0.1) is 0 Å². The summed E-state index contributed by atoms with van der Waals surface area (Å²) in [6.07, 6.45) is 0.900. The number of amides is 1. The van der Waals surface area contributed by atoms with Crippen LogP contribution in [0.4, 0.5) is 5.69 Å². The molecule has 0 heterocycles. The van der Waals surface area contributed by atoms with Gasteiger partial charge in [-0.1, -0.05) is 43.3 Å². The van der Waals surface area contributed by atoms with Gasteiger partial charge < -0.3 is 10.1 Å². The van der Waals surface area contributed by atoms with E-state index in [9.17, 15) is 13.2 Å². The molecular weight excluding hydrogens is 374 g/mol. The summed E-state index contributed by atoms with van der Waals surface area (Å²) in [6.45, 7) is 2.04. The standard InChI is InChI=1S/C22H23NO4S/c1-2-28(25,26)19-14-12-18(13-15-19)23-22(24)11-6-16-27-21-10-5-8-17-7-3-4-9-20(17)21/h3-5,7-10,12-15H,2,6,11,16H2,1H3,(H,23,24). The number of hydrogen-bond acceptors (Lipinski definition) is 4. The van der Waals surface area contributed by atoms with Gasteiger partial charge in [0.05, 0.1) is 17.3 Å². The topological polar surface area (TPSA) is 72.5 Å². The monoisotopic (exact) mass is 397 g/mol. The molecule has 3 aromatic rings. The Hall–Kier alpha value is -2.86. The van der Waals surface area contributed by atoms with E-state index in [1.165, 1.54) is 12.1 Å². The van der Waals surface area contributed by atoms with E-state index in [4.69, 9.17) is 4.74 Å². The SMILES string of the molecule is CCS(=O)(=O)c1ccc(NC(=O)CCCOc2cccc3ccccc23)cc1. The second-order valence-electron chi connectivity index (χ2n) is 6.41. The maximum absolute atomic E-state index is 12.1. The molecule has 5 nitrogen and oxygen atoms in total. The lowest BCUT2D eigenvalue weighted by Gasteiger charge is -2.10. The highest BCUT2D eigenvalue weighted by atomic mass is 32.2. The zero-order chi connectivity index (χ0) is 20.0. The van der Waals surface area contributed by atoms with Crippen molar-refractivity contribution in [3.05, 3.63) is 66.7 Å². The lowest BCUT2D eigenvalue weighted by molar-refractivity contribution is -0.116. The van der Waals surface area contributed by atoms with Crippen molar-refractivity contribution in [3.8, 4) is 5.75 Å². The van der Waals surface area contributed by atoms with Crippen LogP contribution in [0.3, 0.4) is 0 Å². The summed E-state index contributed by atoms with van der Waals surface area (Å²) < 4.78 is 29.5. The molecule has 1 amide bonds. The number of carbonyl (C=O) groups is 1. The molecule has 146 valence electrons. The first-order chi connectivity index (χ1) is 13.5. The molecule has 0 saturated carbocycles. The van der Waals surface area contributed by atoms with E-state index in [-0.39, 0.29) is 16.6 Å². The fraction of sp³-hybridized carbons (Fsp3) is 0.227. The Bertz CT molecular complexity index is 1050. The van der Waals surface area contributed by atoms with Crippen LogP contribution in [-0.2, 0) is 14.6 Å². The highest BCUT2D eigenvalue weighted by molar-refractivity contribution is 7.91. The maximum atomic E-state index is 12.1. The fourth-order valence-corrected chi connectivity index (χ4v) is 3.76. The molecule has 3 rings (SSSR count). The van der Waals surface area contributed by atoms with Crippen LogP contribution in [0.1, 0.15) is 19.8 Å². The van der Waals surface area contributed by atoms with Crippen molar-refractivity contribution < 1.29 is 17.9 Å². The third kappa shape index (κ3) is 4.89. The predicted molar refractivity (Wildman–Crippen MR) is 111 cm³/mol. The molecule has 0 unspecified atom stereocenters. The van der Waals surface area contributed by atoms with Gasteiger partial charge in [-0.05, 0) is 42.1 Å². The number of carbonyl (C=O) groups excluding carboxylic acids is 1. The van der Waals surface area contributed by atoms with Crippen LogP contribution >= 0.6 is 0 Å². The van der Waals surface area contributed by atoms with Crippen LogP contribution < -0.4 is 10.1 Å². The number of sulfone groups is 1. The van der Waals surface area contributed by atoms with Gasteiger partial charge in [0.2, 0.25) is 5.91 Å². The number of rotatable bonds is 8. The first-order valence-electron chi connectivity index (χ1n) is 9.23. The van der Waals surface area contributed by atoms with Gasteiger partial charge in [-0.25, -0.2) is 8.42 Å². The summed E-state index contributed by atoms with van der Waals surface area (Å²) in [5.41, 5.74) is 0.579. The largest absolute Gasteiger partial charge is 0.493 e. The number of hydrogen-bond donors (Lipinski definition) is 1. The second-order valence-corrected chi connectivity index (χ2v) is 8.68. The summed E-state index contributed by atoms with van der Waals surface area (Å²) in [5, 5.41) is 4.95. The van der Waals surface area contributed by atoms with Crippen LogP contribution in [-0.4, -0.2) is 26.7 Å². The molecule has 0 radical (unpaired) electrons. The molecule has 6 heteroatoms. The van der Waals surface area contributed by atoms with Gasteiger partial charge in [-0.15, -0.1) is 0 Å². The first-order valence-corrected chi connectivity index (χ1v) is 10.9. The minimum atomic E-state index is -3.23. The predicted octanol–water partition coefficient (Wildman–Crippen LogP) is 4.43. The molecule has 0 aliphatic carbocycles. The van der Waals surface area contributed by atoms with Gasteiger partial charge in [0, 0.05) is 17.5 Å². The molecule has 28 heavy (non-hydrogen) atoms. The number of nitrogens with one attached hydrogen (secondary N) is 1. The molecule has 0 aliphatic heterocycles. The Kier molecular flexibility index (Phi) is 6.31. The third-order valence-electron chi connectivity index (χ3n) is 4.43. The average Bonchev–Trinajstić information content (AvgIpc) is 2.71. The van der Waals surface area contributed by atoms with Gasteiger partial charge in [-0.2, -0.15) is 0 Å². The van der Waals surface area contributed by atoms with Crippen molar-refractivity contribution in [2.45, 2.75) is 24.7 Å². The van der Waals surface area contributed by atoms with Gasteiger partial charge in [-0.3, -0.25) is 4.79 Å². The summed E-state index contributed by atoms with van der Waals surface area (Å²) in [5.74, 6) is 0.730. The molecule has 0 saturated heterocycles. The average molecular weight is 397 g/mol. The maximum Gasteiger partial charge on any atom is 0.224 e. The molecule has 1 N–H and O–H groups in total. The summed E-state index contributed by atoms with van der Waals surface area (Å²) >= 11 is 0. The molecule has 0 aromatic heterocycles. The van der Waals surface area contributed by atoms with Crippen molar-refractivity contribution in [3.63, 3.8) is 0 Å². The lowest BCUT2D eigenvalue weighted by atomic mass is 10.1. The Labute approximate surface area is 165 Å². The zero-order valence-electron chi connectivity index (χ0n) is 15.7. The van der Waals surface area contributed by atoms with Gasteiger partial charge in [0.15, 0.2) is 9.84 Å². The van der Waals surface area contributed by atoms with E-state index in [0.29, 0.717) is 25.1 Å². The highest BCUT2D eigenvalue weighted by Crippen LogP contribution is 2.25. The Morgan fingerprint density at radius 1 is 0.964 bits per heavy atom. The molecule has 0 spiro atoms. The second kappa shape index (κ2) is 8.89. The summed E-state index contributed by atoms with van der Waals surface area (Å²) in [4.78, 5) is 12.3. The smallest absolute Gasteiger partial charge is 0.224 e. The van der Waals surface area contributed by atoms with Crippen LogP contribution in [0.15, 0.2) is 71.6 Å². The minimum absolute atomic E-state index is 0.0510. The Morgan fingerprint density at radius 2 is 1.68 bits per heavy atom. The summed E-state index contributed by atoms with van der Waals surface area (Å²) in [7, 11) is -3.23. The van der Waals surface area contributed by atoms with E-state index < -0.39 is 9.84 Å². The normalized spacial score (nSPS) is 11.3. The van der Waals surface area contributed by atoms with E-state index in [2.05, 4.69) is 5.32 Å². The Balaban J connectivity index is 1.48. The number of anilines is 1. The van der Waals surface area contributed by atoms with Crippen molar-refractivity contribution in [2.24, 2.45) is 0 Å². The zero-order valence-corrected chi connectivity index (χ0v) is 16.5. The molecule has 0 bridgehead atoms. The van der Waals surface area contributed by atoms with E-state index in [1.807, 2.05) is 42.5 Å². The van der Waals surface area contributed by atoms with E-state index in [1.54, 1.807) is 19.1 Å². The molecule has 0 fully saturated rings. The fourth-order valence-electron chi connectivity index (χ4n) is 2.87. The van der Waals surface area contributed by atoms with Crippen LogP contribution in [0.5, 0.6) is 5.75 Å². The molecular formula is C22H23NO4S. The number of fused-ring (bicyclic) bond motifs is 1. The molecule has 0 aliphatic rings. The highest BCUT2D eigenvalue weighted by Gasteiger charge is 2.11. The van der Waals surface area contributed by atoms with Crippen LogP contribution in [0.25, 0.3) is 10.8 Å². The third-order valence-corrected chi connectivity index (χ3v) is 6.18. The van der Waals surface area contributed by atoms with Crippen molar-refractivity contribution in [1.29, 1.82) is 0 Å². The minimum Gasteiger partial charge on any atom is -0.493 e. The number of benzene rings is 3. The quantitative estimate of drug-likeness (QED) is 0.571. The van der Waals surface area contributed by atoms with Gasteiger partial charge >= 0.3 is 0 Å². The molecule has 0 atom stereocenters. The van der Waals surface area contributed by atoms with E-state index >= 15 is 0 Å².